The smallest absolute Gasteiger partial charge is 0.323 e. The molecule has 1 aliphatic heterocycles. The normalized spacial score (nSPS) is 19.7. The molecule has 0 radical (unpaired) electrons. The summed E-state index contributed by atoms with van der Waals surface area (Å²) in [6.07, 6.45) is 3.61. The van der Waals surface area contributed by atoms with Crippen molar-refractivity contribution in [1.29, 1.82) is 0 Å². The van der Waals surface area contributed by atoms with Crippen molar-refractivity contribution in [3.05, 3.63) is 23.9 Å². The van der Waals surface area contributed by atoms with E-state index in [1.807, 2.05) is 19.1 Å². The van der Waals surface area contributed by atoms with Crippen LogP contribution in [0.2, 0.25) is 0 Å². The molecule has 0 aliphatic carbocycles. The highest BCUT2D eigenvalue weighted by Crippen LogP contribution is 2.16. The van der Waals surface area contributed by atoms with E-state index >= 15 is 0 Å². The molecule has 1 aliphatic rings. The van der Waals surface area contributed by atoms with Gasteiger partial charge in [-0.1, -0.05) is 0 Å². The molecule has 1 aromatic rings. The van der Waals surface area contributed by atoms with Gasteiger partial charge < -0.3 is 10.0 Å². The first-order valence-corrected chi connectivity index (χ1v) is 6.28. The SMILES string of the molecule is Cc1ccnc(NC(=O)N2CCCC(CO)C2)c1. The quantitative estimate of drug-likeness (QED) is 0.837. The summed E-state index contributed by atoms with van der Waals surface area (Å²) >= 11 is 0. The maximum absolute atomic E-state index is 12.0. The number of carbonyl (C=O) groups is 1. The Balaban J connectivity index is 1.95. The first kappa shape index (κ1) is 12.8. The molecule has 1 saturated heterocycles. The Kier molecular flexibility index (Phi) is 4.15. The van der Waals surface area contributed by atoms with Gasteiger partial charge in [0.1, 0.15) is 5.82 Å². The standard InChI is InChI=1S/C13H19N3O2/c1-10-4-5-14-12(7-10)15-13(18)16-6-2-3-11(8-16)9-17/h4-5,7,11,17H,2-3,6,8-9H2,1H3,(H,14,15,18). The number of carbonyl (C=O) groups excluding carboxylic acids is 1. The molecule has 0 aromatic carbocycles. The van der Waals surface area contributed by atoms with E-state index in [2.05, 4.69) is 10.3 Å². The lowest BCUT2D eigenvalue weighted by atomic mass is 9.99. The van der Waals surface area contributed by atoms with Crippen molar-refractivity contribution in [3.63, 3.8) is 0 Å². The predicted octanol–water partition coefficient (Wildman–Crippen LogP) is 1.63. The summed E-state index contributed by atoms with van der Waals surface area (Å²) in [4.78, 5) is 17.9. The summed E-state index contributed by atoms with van der Waals surface area (Å²) < 4.78 is 0. The van der Waals surface area contributed by atoms with E-state index in [1.54, 1.807) is 11.1 Å². The van der Waals surface area contributed by atoms with Gasteiger partial charge >= 0.3 is 6.03 Å². The Morgan fingerprint density at radius 2 is 2.50 bits per heavy atom. The number of hydrogen-bond acceptors (Lipinski definition) is 3. The molecule has 2 N–H and O–H groups in total. The van der Waals surface area contributed by atoms with Gasteiger partial charge in [0.25, 0.3) is 0 Å². The van der Waals surface area contributed by atoms with Crippen molar-refractivity contribution < 1.29 is 9.90 Å². The highest BCUT2D eigenvalue weighted by atomic mass is 16.3. The Morgan fingerprint density at radius 1 is 1.67 bits per heavy atom. The minimum absolute atomic E-state index is 0.133. The molecule has 1 unspecified atom stereocenters. The first-order chi connectivity index (χ1) is 8.69. The van der Waals surface area contributed by atoms with Gasteiger partial charge in [0.15, 0.2) is 0 Å². The average Bonchev–Trinajstić information content (AvgIpc) is 2.39. The van der Waals surface area contributed by atoms with E-state index in [4.69, 9.17) is 5.11 Å². The number of aliphatic hydroxyl groups is 1. The van der Waals surface area contributed by atoms with E-state index in [9.17, 15) is 4.79 Å². The van der Waals surface area contributed by atoms with Gasteiger partial charge in [-0.3, -0.25) is 5.32 Å². The van der Waals surface area contributed by atoms with Gasteiger partial charge in [0.2, 0.25) is 0 Å². The zero-order chi connectivity index (χ0) is 13.0. The Labute approximate surface area is 107 Å². The molecule has 0 spiro atoms. The number of piperidine rings is 1. The van der Waals surface area contributed by atoms with Crippen LogP contribution in [-0.2, 0) is 0 Å². The van der Waals surface area contributed by atoms with Crippen molar-refractivity contribution in [1.82, 2.24) is 9.88 Å². The number of rotatable bonds is 2. The van der Waals surface area contributed by atoms with Crippen molar-refractivity contribution in [3.8, 4) is 0 Å². The maximum Gasteiger partial charge on any atom is 0.323 e. The third-order valence-corrected chi connectivity index (χ3v) is 3.21. The molecule has 5 heteroatoms. The summed E-state index contributed by atoms with van der Waals surface area (Å²) in [6.45, 7) is 3.47. The number of aliphatic hydroxyl groups excluding tert-OH is 1. The molecule has 1 fully saturated rings. The minimum atomic E-state index is -0.133. The van der Waals surface area contributed by atoms with Gasteiger partial charge in [0.05, 0.1) is 0 Å². The van der Waals surface area contributed by atoms with Crippen LogP contribution in [0.1, 0.15) is 18.4 Å². The molecular weight excluding hydrogens is 230 g/mol. The van der Waals surface area contributed by atoms with Crippen LogP contribution in [0.25, 0.3) is 0 Å². The number of aromatic nitrogens is 1. The number of pyridine rings is 1. The number of aryl methyl sites for hydroxylation is 1. The fraction of sp³-hybridized carbons (Fsp3) is 0.538. The van der Waals surface area contributed by atoms with Gasteiger partial charge in [0, 0.05) is 25.9 Å². The summed E-state index contributed by atoms with van der Waals surface area (Å²) in [5.74, 6) is 0.779. The Hall–Kier alpha value is -1.62. The van der Waals surface area contributed by atoms with Crippen molar-refractivity contribution in [2.45, 2.75) is 19.8 Å². The molecule has 2 amide bonds. The monoisotopic (exact) mass is 249 g/mol. The lowest BCUT2D eigenvalue weighted by Crippen LogP contribution is -2.43. The number of anilines is 1. The average molecular weight is 249 g/mol. The Morgan fingerprint density at radius 3 is 3.22 bits per heavy atom. The number of hydrogen-bond donors (Lipinski definition) is 2. The second-order valence-electron chi connectivity index (χ2n) is 4.79. The van der Waals surface area contributed by atoms with Crippen LogP contribution in [0, 0.1) is 12.8 Å². The van der Waals surface area contributed by atoms with Crippen LogP contribution >= 0.6 is 0 Å². The molecular formula is C13H19N3O2. The maximum atomic E-state index is 12.0. The number of likely N-dealkylation sites (tertiary alicyclic amines) is 1. The molecule has 18 heavy (non-hydrogen) atoms. The van der Waals surface area contributed by atoms with Crippen LogP contribution in [0.4, 0.5) is 10.6 Å². The number of urea groups is 1. The third kappa shape index (κ3) is 3.20. The minimum Gasteiger partial charge on any atom is -0.396 e. The number of nitrogens with zero attached hydrogens (tertiary/aromatic N) is 2. The van der Waals surface area contributed by atoms with Crippen molar-refractivity contribution in [2.75, 3.05) is 25.0 Å². The van der Waals surface area contributed by atoms with Crippen LogP contribution in [0.3, 0.4) is 0 Å². The molecule has 0 saturated carbocycles. The van der Waals surface area contributed by atoms with Crippen molar-refractivity contribution >= 4 is 11.8 Å². The van der Waals surface area contributed by atoms with Gasteiger partial charge in [-0.25, -0.2) is 9.78 Å². The van der Waals surface area contributed by atoms with E-state index in [1.165, 1.54) is 0 Å². The van der Waals surface area contributed by atoms with Crippen LogP contribution in [0.5, 0.6) is 0 Å². The zero-order valence-corrected chi connectivity index (χ0v) is 10.6. The Bertz CT molecular complexity index is 422. The lowest BCUT2D eigenvalue weighted by Gasteiger charge is -2.31. The van der Waals surface area contributed by atoms with Crippen LogP contribution in [-0.4, -0.2) is 40.7 Å². The molecule has 0 bridgehead atoms. The van der Waals surface area contributed by atoms with Gasteiger partial charge in [-0.05, 0) is 43.4 Å². The van der Waals surface area contributed by atoms with E-state index in [0.29, 0.717) is 12.4 Å². The van der Waals surface area contributed by atoms with E-state index in [-0.39, 0.29) is 18.6 Å². The first-order valence-electron chi connectivity index (χ1n) is 6.28. The molecule has 1 aromatic heterocycles. The van der Waals surface area contributed by atoms with Gasteiger partial charge in [-0.2, -0.15) is 0 Å². The second-order valence-corrected chi connectivity index (χ2v) is 4.79. The van der Waals surface area contributed by atoms with E-state index in [0.717, 1.165) is 24.9 Å². The fourth-order valence-electron chi connectivity index (χ4n) is 2.19. The molecule has 1 atom stereocenters. The number of nitrogens with one attached hydrogen (secondary N) is 1. The second kappa shape index (κ2) is 5.82. The number of amides is 2. The zero-order valence-electron chi connectivity index (χ0n) is 10.6. The van der Waals surface area contributed by atoms with Crippen LogP contribution in [0.15, 0.2) is 18.3 Å². The highest BCUT2D eigenvalue weighted by Gasteiger charge is 2.23. The molecule has 5 nitrogen and oxygen atoms in total. The van der Waals surface area contributed by atoms with E-state index < -0.39 is 0 Å². The highest BCUT2D eigenvalue weighted by molar-refractivity contribution is 5.88. The van der Waals surface area contributed by atoms with Gasteiger partial charge in [-0.15, -0.1) is 0 Å². The summed E-state index contributed by atoms with van der Waals surface area (Å²) in [5, 5.41) is 11.9. The molecule has 2 heterocycles. The fourth-order valence-corrected chi connectivity index (χ4v) is 2.19. The topological polar surface area (TPSA) is 65.5 Å². The molecule has 98 valence electrons. The summed E-state index contributed by atoms with van der Waals surface area (Å²) in [7, 11) is 0. The predicted molar refractivity (Wildman–Crippen MR) is 69.4 cm³/mol. The third-order valence-electron chi connectivity index (χ3n) is 3.21. The lowest BCUT2D eigenvalue weighted by molar-refractivity contribution is 0.136. The van der Waals surface area contributed by atoms with Crippen LogP contribution < -0.4 is 5.32 Å². The van der Waals surface area contributed by atoms with Crippen molar-refractivity contribution in [2.24, 2.45) is 5.92 Å². The largest absolute Gasteiger partial charge is 0.396 e. The summed E-state index contributed by atoms with van der Waals surface area (Å²) in [6, 6.07) is 3.59. The summed E-state index contributed by atoms with van der Waals surface area (Å²) in [5.41, 5.74) is 1.06. The molecule has 2 rings (SSSR count).